The van der Waals surface area contributed by atoms with Crippen LogP contribution in [0.5, 0.6) is 0 Å². The van der Waals surface area contributed by atoms with Gasteiger partial charge in [0.1, 0.15) is 0 Å². The van der Waals surface area contributed by atoms with Crippen LogP contribution in [0.25, 0.3) is 0 Å². The van der Waals surface area contributed by atoms with Crippen molar-refractivity contribution in [2.45, 2.75) is 13.8 Å². The van der Waals surface area contributed by atoms with Gasteiger partial charge in [-0.3, -0.25) is 4.99 Å². The molecule has 0 saturated carbocycles. The molecule has 0 rings (SSSR count). The first-order valence-corrected chi connectivity index (χ1v) is 3.31. The Bertz CT molecular complexity index is 192. The number of hydrogen-bond donors (Lipinski definition) is 1. The molecule has 0 aliphatic heterocycles. The SMILES string of the molecule is CC(P)=N/C=C(\C)C(=O)O. The van der Waals surface area contributed by atoms with Crippen LogP contribution in [-0.4, -0.2) is 16.5 Å². The van der Waals surface area contributed by atoms with Crippen molar-refractivity contribution in [3.63, 3.8) is 0 Å². The number of carbonyl (C=O) groups is 1. The third-order valence-corrected chi connectivity index (χ3v) is 0.948. The molecule has 0 aromatic heterocycles. The van der Waals surface area contributed by atoms with E-state index in [1.54, 1.807) is 6.92 Å². The molecule has 1 atom stereocenters. The van der Waals surface area contributed by atoms with E-state index >= 15 is 0 Å². The maximum Gasteiger partial charge on any atom is 0.332 e. The van der Waals surface area contributed by atoms with Crippen LogP contribution in [0.2, 0.25) is 0 Å². The van der Waals surface area contributed by atoms with E-state index in [0.717, 1.165) is 5.45 Å². The van der Waals surface area contributed by atoms with Crippen LogP contribution >= 0.6 is 9.24 Å². The Morgan fingerprint density at radius 2 is 2.10 bits per heavy atom. The topological polar surface area (TPSA) is 49.7 Å². The summed E-state index contributed by atoms with van der Waals surface area (Å²) in [6, 6.07) is 0. The first kappa shape index (κ1) is 9.31. The largest absolute Gasteiger partial charge is 0.478 e. The fourth-order valence-electron chi connectivity index (χ4n) is 0.254. The first-order chi connectivity index (χ1) is 4.54. The normalized spacial score (nSPS) is 13.5. The molecule has 1 N–H and O–H groups in total. The van der Waals surface area contributed by atoms with Gasteiger partial charge in [0.2, 0.25) is 0 Å². The predicted molar refractivity (Wildman–Crippen MR) is 44.2 cm³/mol. The quantitative estimate of drug-likeness (QED) is 0.374. The lowest BCUT2D eigenvalue weighted by molar-refractivity contribution is -0.132. The molecule has 1 unspecified atom stereocenters. The van der Waals surface area contributed by atoms with E-state index in [9.17, 15) is 4.79 Å². The predicted octanol–water partition coefficient (Wildman–Crippen LogP) is 1.27. The fraction of sp³-hybridized carbons (Fsp3) is 0.333. The molecule has 10 heavy (non-hydrogen) atoms. The molecule has 0 spiro atoms. The minimum atomic E-state index is -0.935. The molecule has 0 aromatic carbocycles. The summed E-state index contributed by atoms with van der Waals surface area (Å²) in [6.45, 7) is 3.27. The molecule has 0 heterocycles. The zero-order valence-corrected chi connectivity index (χ0v) is 7.11. The molecule has 0 saturated heterocycles. The summed E-state index contributed by atoms with van der Waals surface area (Å²) in [6.07, 6.45) is 1.32. The summed E-state index contributed by atoms with van der Waals surface area (Å²) >= 11 is 0. The van der Waals surface area contributed by atoms with Crippen LogP contribution in [-0.2, 0) is 4.79 Å². The molecule has 0 aliphatic rings. The summed E-state index contributed by atoms with van der Waals surface area (Å²) in [5.74, 6) is -0.935. The van der Waals surface area contributed by atoms with Gasteiger partial charge >= 0.3 is 5.97 Å². The minimum absolute atomic E-state index is 0.238. The second kappa shape index (κ2) is 4.18. The molecule has 0 amide bonds. The number of aliphatic imine (C=N–C) groups is 1. The van der Waals surface area contributed by atoms with Gasteiger partial charge in [0, 0.05) is 11.7 Å². The number of nitrogens with zero attached hydrogens (tertiary/aromatic N) is 1. The van der Waals surface area contributed by atoms with Crippen molar-refractivity contribution in [3.05, 3.63) is 11.8 Å². The zero-order valence-electron chi connectivity index (χ0n) is 5.96. The Morgan fingerprint density at radius 1 is 1.60 bits per heavy atom. The molecule has 3 nitrogen and oxygen atoms in total. The molecule has 0 fully saturated rings. The highest BCUT2D eigenvalue weighted by atomic mass is 31.0. The van der Waals surface area contributed by atoms with Gasteiger partial charge in [0.05, 0.1) is 5.57 Å². The zero-order chi connectivity index (χ0) is 8.15. The molecule has 0 aromatic rings. The van der Waals surface area contributed by atoms with Gasteiger partial charge in [-0.2, -0.15) is 0 Å². The maximum absolute atomic E-state index is 10.2. The van der Waals surface area contributed by atoms with Crippen molar-refractivity contribution >= 4 is 20.7 Å². The van der Waals surface area contributed by atoms with Gasteiger partial charge in [-0.25, -0.2) is 4.79 Å². The molecule has 0 bridgehead atoms. The van der Waals surface area contributed by atoms with Crippen molar-refractivity contribution < 1.29 is 9.90 Å². The maximum atomic E-state index is 10.2. The average Bonchev–Trinajstić information content (AvgIpc) is 1.82. The highest BCUT2D eigenvalue weighted by molar-refractivity contribution is 7.40. The third kappa shape index (κ3) is 4.21. The molecule has 4 heteroatoms. The van der Waals surface area contributed by atoms with E-state index in [4.69, 9.17) is 5.11 Å². The van der Waals surface area contributed by atoms with E-state index in [0.29, 0.717) is 0 Å². The van der Waals surface area contributed by atoms with Crippen molar-refractivity contribution in [2.75, 3.05) is 0 Å². The molecule has 0 radical (unpaired) electrons. The van der Waals surface area contributed by atoms with E-state index < -0.39 is 5.97 Å². The summed E-state index contributed by atoms with van der Waals surface area (Å²) in [5, 5.41) is 8.35. The van der Waals surface area contributed by atoms with Crippen LogP contribution in [0, 0.1) is 0 Å². The van der Waals surface area contributed by atoms with Crippen molar-refractivity contribution in [3.8, 4) is 0 Å². The average molecular weight is 159 g/mol. The van der Waals surface area contributed by atoms with Crippen molar-refractivity contribution in [2.24, 2.45) is 4.99 Å². The van der Waals surface area contributed by atoms with Crippen LogP contribution in [0.3, 0.4) is 0 Å². The van der Waals surface area contributed by atoms with Gasteiger partial charge in [-0.05, 0) is 13.8 Å². The van der Waals surface area contributed by atoms with E-state index in [1.165, 1.54) is 13.1 Å². The number of rotatable bonds is 2. The number of carboxylic acids is 1. The molecule has 0 aliphatic carbocycles. The standard InChI is InChI=1S/C6H10NO2P/c1-4(6(8)9)3-7-5(2)10/h3H,10H2,1-2H3,(H,8,9)/b4-3+,7-5?. The highest BCUT2D eigenvalue weighted by Crippen LogP contribution is 1.95. The number of hydrogen-bond acceptors (Lipinski definition) is 2. The van der Waals surface area contributed by atoms with Gasteiger partial charge in [0.15, 0.2) is 0 Å². The monoisotopic (exact) mass is 159 g/mol. The van der Waals surface area contributed by atoms with Crippen LogP contribution in [0.4, 0.5) is 0 Å². The van der Waals surface area contributed by atoms with Crippen LogP contribution in [0.1, 0.15) is 13.8 Å². The molecular weight excluding hydrogens is 149 g/mol. The summed E-state index contributed by atoms with van der Waals surface area (Å²) in [4.78, 5) is 13.9. The summed E-state index contributed by atoms with van der Waals surface area (Å²) in [7, 11) is 2.37. The summed E-state index contributed by atoms with van der Waals surface area (Å²) in [5.41, 5.74) is 1.00. The Balaban J connectivity index is 4.19. The first-order valence-electron chi connectivity index (χ1n) is 2.74. The fourth-order valence-corrected chi connectivity index (χ4v) is 0.328. The van der Waals surface area contributed by atoms with E-state index in [1.807, 2.05) is 0 Å². The lowest BCUT2D eigenvalue weighted by atomic mass is 10.3. The highest BCUT2D eigenvalue weighted by Gasteiger charge is 1.96. The van der Waals surface area contributed by atoms with Gasteiger partial charge < -0.3 is 5.11 Å². The second-order valence-electron chi connectivity index (χ2n) is 1.89. The molecule has 56 valence electrons. The second-order valence-corrected chi connectivity index (χ2v) is 2.72. The Hall–Kier alpha value is -0.690. The van der Waals surface area contributed by atoms with Crippen LogP contribution < -0.4 is 0 Å². The Labute approximate surface area is 62.1 Å². The van der Waals surface area contributed by atoms with E-state index in [2.05, 4.69) is 14.2 Å². The van der Waals surface area contributed by atoms with Crippen molar-refractivity contribution in [1.82, 2.24) is 0 Å². The molecular formula is C6H10NO2P. The van der Waals surface area contributed by atoms with Gasteiger partial charge in [-0.1, -0.05) is 9.24 Å². The Morgan fingerprint density at radius 3 is 2.40 bits per heavy atom. The minimum Gasteiger partial charge on any atom is -0.478 e. The smallest absolute Gasteiger partial charge is 0.332 e. The van der Waals surface area contributed by atoms with Crippen LogP contribution in [0.15, 0.2) is 16.8 Å². The van der Waals surface area contributed by atoms with Gasteiger partial charge in [-0.15, -0.1) is 0 Å². The van der Waals surface area contributed by atoms with E-state index in [-0.39, 0.29) is 5.57 Å². The lowest BCUT2D eigenvalue weighted by Gasteiger charge is -1.88. The number of carboxylic acid groups (broad SMARTS) is 1. The number of aliphatic carboxylic acids is 1. The summed E-state index contributed by atoms with van der Waals surface area (Å²) < 4.78 is 0. The lowest BCUT2D eigenvalue weighted by Crippen LogP contribution is -1.94. The Kier molecular flexibility index (Phi) is 3.89. The van der Waals surface area contributed by atoms with Gasteiger partial charge in [0.25, 0.3) is 0 Å². The van der Waals surface area contributed by atoms with Crippen molar-refractivity contribution in [1.29, 1.82) is 0 Å². The third-order valence-electron chi connectivity index (χ3n) is 0.799.